The number of anilines is 1. The zero-order chi connectivity index (χ0) is 31.6. The van der Waals surface area contributed by atoms with E-state index in [0.717, 1.165) is 37.8 Å². The SMILES string of the molecule is CCO[C@H]1CC[C@H](N2CC[C@](F)(C(=O)N3C[C@H](COC)[C@@H](c4ccc(C(F)(F)F)cc4N4CCC(C(=O)O)CC4)C3)C2)CC1. The summed E-state index contributed by atoms with van der Waals surface area (Å²) in [5.74, 6) is -2.58. The molecule has 3 heterocycles. The highest BCUT2D eigenvalue weighted by Crippen LogP contribution is 2.43. The summed E-state index contributed by atoms with van der Waals surface area (Å²) in [4.78, 5) is 30.8. The Morgan fingerprint density at radius 1 is 1.05 bits per heavy atom. The molecule has 3 aliphatic heterocycles. The first-order valence-electron chi connectivity index (χ1n) is 15.9. The molecule has 0 aromatic heterocycles. The quantitative estimate of drug-likeness (QED) is 0.388. The number of carbonyl (C=O) groups excluding carboxylic acids is 1. The number of ether oxygens (including phenoxy) is 2. The number of alkyl halides is 4. The van der Waals surface area contributed by atoms with Crippen LogP contribution in [-0.4, -0.2) is 104 Å². The molecule has 3 atom stereocenters. The van der Waals surface area contributed by atoms with Crippen molar-refractivity contribution >= 4 is 17.6 Å². The summed E-state index contributed by atoms with van der Waals surface area (Å²) in [7, 11) is 1.54. The minimum absolute atomic E-state index is 0.0516. The Kier molecular flexibility index (Phi) is 10.1. The Balaban J connectivity index is 1.33. The summed E-state index contributed by atoms with van der Waals surface area (Å²) < 4.78 is 69.0. The van der Waals surface area contributed by atoms with Crippen LogP contribution in [0.5, 0.6) is 0 Å². The predicted molar refractivity (Wildman–Crippen MR) is 156 cm³/mol. The maximum absolute atomic E-state index is 16.4. The Labute approximate surface area is 256 Å². The van der Waals surface area contributed by atoms with Crippen molar-refractivity contribution < 1.29 is 41.7 Å². The number of carboxylic acid groups (broad SMARTS) is 1. The van der Waals surface area contributed by atoms with Crippen LogP contribution in [0.2, 0.25) is 0 Å². The number of methoxy groups -OCH3 is 1. The van der Waals surface area contributed by atoms with Gasteiger partial charge in [-0.25, -0.2) is 4.39 Å². The van der Waals surface area contributed by atoms with E-state index in [1.165, 1.54) is 13.2 Å². The maximum Gasteiger partial charge on any atom is 0.416 e. The first-order valence-corrected chi connectivity index (χ1v) is 15.9. The number of likely N-dealkylation sites (tertiary alicyclic amines) is 2. The van der Waals surface area contributed by atoms with Crippen molar-refractivity contribution in [2.24, 2.45) is 11.8 Å². The molecule has 1 aromatic rings. The number of hydrogen-bond donors (Lipinski definition) is 1. The van der Waals surface area contributed by atoms with Crippen LogP contribution in [0, 0.1) is 11.8 Å². The molecule has 0 radical (unpaired) electrons. The van der Waals surface area contributed by atoms with Gasteiger partial charge >= 0.3 is 12.1 Å². The monoisotopic (exact) mass is 627 g/mol. The standard InChI is InChI=1S/C32H45F4N3O5/c1-3-44-25-7-5-24(6-8-25)38-15-12-31(33,20-38)30(42)39-17-22(19-43-2)27(18-39)26-9-4-23(32(34,35)36)16-28(26)37-13-10-21(11-14-37)29(40)41/h4,9,16,21-22,24-25,27H,3,5-8,10-15,17-20H2,1-2H3,(H,40,41)/t22-,24-,25-,27+,31-/m1/s1. The number of rotatable bonds is 9. The van der Waals surface area contributed by atoms with E-state index in [9.17, 15) is 27.9 Å². The van der Waals surface area contributed by atoms with Gasteiger partial charge in [-0.2, -0.15) is 13.2 Å². The van der Waals surface area contributed by atoms with Crippen LogP contribution in [0.1, 0.15) is 68.9 Å². The van der Waals surface area contributed by atoms with Crippen molar-refractivity contribution in [3.63, 3.8) is 0 Å². The van der Waals surface area contributed by atoms with Gasteiger partial charge in [0.1, 0.15) is 0 Å². The molecule has 0 unspecified atom stereocenters. The number of carboxylic acids is 1. The van der Waals surface area contributed by atoms with Gasteiger partial charge in [0.15, 0.2) is 0 Å². The summed E-state index contributed by atoms with van der Waals surface area (Å²) in [6.45, 7) is 4.56. The average molecular weight is 628 g/mol. The molecule has 4 fully saturated rings. The largest absolute Gasteiger partial charge is 0.481 e. The Bertz CT molecular complexity index is 1170. The lowest BCUT2D eigenvalue weighted by molar-refractivity contribution is -0.143. The molecule has 44 heavy (non-hydrogen) atoms. The summed E-state index contributed by atoms with van der Waals surface area (Å²) in [5, 5.41) is 9.42. The molecular formula is C32H45F4N3O5. The van der Waals surface area contributed by atoms with Gasteiger partial charge in [-0.3, -0.25) is 14.5 Å². The Hall–Kier alpha value is -2.44. The highest BCUT2D eigenvalue weighted by atomic mass is 19.4. The number of halogens is 4. The fourth-order valence-electron chi connectivity index (χ4n) is 7.83. The Morgan fingerprint density at radius 3 is 2.36 bits per heavy atom. The van der Waals surface area contributed by atoms with E-state index in [0.29, 0.717) is 50.3 Å². The zero-order valence-corrected chi connectivity index (χ0v) is 25.7. The van der Waals surface area contributed by atoms with Gasteiger partial charge in [-0.05, 0) is 63.1 Å². The van der Waals surface area contributed by atoms with E-state index in [1.807, 2.05) is 11.8 Å². The second-order valence-corrected chi connectivity index (χ2v) is 13.0. The number of piperidine rings is 1. The third-order valence-electron chi connectivity index (χ3n) is 10.2. The molecule has 1 amide bonds. The molecule has 1 saturated carbocycles. The van der Waals surface area contributed by atoms with Crippen molar-refractivity contribution in [1.29, 1.82) is 0 Å². The minimum Gasteiger partial charge on any atom is -0.481 e. The van der Waals surface area contributed by atoms with Crippen LogP contribution >= 0.6 is 0 Å². The fourth-order valence-corrected chi connectivity index (χ4v) is 7.83. The van der Waals surface area contributed by atoms with Gasteiger partial charge in [0.2, 0.25) is 5.67 Å². The average Bonchev–Trinajstić information content (AvgIpc) is 3.61. The summed E-state index contributed by atoms with van der Waals surface area (Å²) in [5.41, 5.74) is -1.75. The molecule has 8 nitrogen and oxygen atoms in total. The molecule has 0 spiro atoms. The normalized spacial score (nSPS) is 30.7. The number of aliphatic carboxylic acids is 1. The van der Waals surface area contributed by atoms with Crippen LogP contribution in [0.3, 0.4) is 0 Å². The molecular weight excluding hydrogens is 582 g/mol. The molecule has 3 saturated heterocycles. The van der Waals surface area contributed by atoms with Crippen molar-refractivity contribution in [3.8, 4) is 0 Å². The smallest absolute Gasteiger partial charge is 0.416 e. The molecule has 1 N–H and O–H groups in total. The van der Waals surface area contributed by atoms with Crippen LogP contribution in [0.4, 0.5) is 23.2 Å². The molecule has 1 aromatic carbocycles. The number of hydrogen-bond acceptors (Lipinski definition) is 6. The summed E-state index contributed by atoms with van der Waals surface area (Å²) in [6, 6.07) is 3.90. The minimum atomic E-state index is -4.55. The van der Waals surface area contributed by atoms with E-state index in [2.05, 4.69) is 4.90 Å². The third kappa shape index (κ3) is 7.02. The van der Waals surface area contributed by atoms with Gasteiger partial charge < -0.3 is 24.4 Å². The molecule has 5 rings (SSSR count). The first kappa shape index (κ1) is 32.9. The topological polar surface area (TPSA) is 82.6 Å². The predicted octanol–water partition coefficient (Wildman–Crippen LogP) is 4.96. The van der Waals surface area contributed by atoms with E-state index in [-0.39, 0.29) is 56.6 Å². The number of benzene rings is 1. The van der Waals surface area contributed by atoms with Crippen LogP contribution in [0.25, 0.3) is 0 Å². The van der Waals surface area contributed by atoms with Crippen LogP contribution in [0.15, 0.2) is 18.2 Å². The summed E-state index contributed by atoms with van der Waals surface area (Å²) >= 11 is 0. The van der Waals surface area contributed by atoms with E-state index < -0.39 is 35.2 Å². The van der Waals surface area contributed by atoms with Crippen molar-refractivity contribution in [2.75, 3.05) is 64.5 Å². The van der Waals surface area contributed by atoms with Gasteiger partial charge in [-0.15, -0.1) is 0 Å². The van der Waals surface area contributed by atoms with E-state index in [1.54, 1.807) is 4.90 Å². The lowest BCUT2D eigenvalue weighted by atomic mass is 9.86. The van der Waals surface area contributed by atoms with Crippen molar-refractivity contribution in [1.82, 2.24) is 9.80 Å². The summed E-state index contributed by atoms with van der Waals surface area (Å²) in [6.07, 6.45) is 0.162. The Morgan fingerprint density at radius 2 is 1.75 bits per heavy atom. The number of nitrogens with zero attached hydrogens (tertiary/aromatic N) is 3. The van der Waals surface area contributed by atoms with Gasteiger partial charge in [-0.1, -0.05) is 6.07 Å². The first-order chi connectivity index (χ1) is 20.9. The van der Waals surface area contributed by atoms with E-state index >= 15 is 4.39 Å². The molecule has 1 aliphatic carbocycles. The highest BCUT2D eigenvalue weighted by molar-refractivity contribution is 5.86. The lowest BCUT2D eigenvalue weighted by Gasteiger charge is -2.35. The maximum atomic E-state index is 16.4. The molecule has 0 bridgehead atoms. The van der Waals surface area contributed by atoms with Crippen molar-refractivity contribution in [2.45, 2.75) is 81.8 Å². The fraction of sp³-hybridized carbons (Fsp3) is 0.750. The van der Waals surface area contributed by atoms with E-state index in [4.69, 9.17) is 9.47 Å². The van der Waals surface area contributed by atoms with Crippen molar-refractivity contribution in [3.05, 3.63) is 29.3 Å². The van der Waals surface area contributed by atoms with Gasteiger partial charge in [0.05, 0.1) is 24.2 Å². The third-order valence-corrected chi connectivity index (χ3v) is 10.2. The van der Waals surface area contributed by atoms with Gasteiger partial charge in [0.25, 0.3) is 5.91 Å². The lowest BCUT2D eigenvalue weighted by Crippen LogP contribution is -2.48. The van der Waals surface area contributed by atoms with Crippen LogP contribution < -0.4 is 4.90 Å². The second-order valence-electron chi connectivity index (χ2n) is 13.0. The molecule has 246 valence electrons. The second kappa shape index (κ2) is 13.5. The number of amides is 1. The molecule has 12 heteroatoms. The molecule has 4 aliphatic rings. The number of carbonyl (C=O) groups is 2. The van der Waals surface area contributed by atoms with Gasteiger partial charge in [0, 0.05) is 83.0 Å². The highest BCUT2D eigenvalue weighted by Gasteiger charge is 2.51. The van der Waals surface area contributed by atoms with Crippen LogP contribution in [-0.2, 0) is 25.2 Å². The zero-order valence-electron chi connectivity index (χ0n) is 25.7.